The number of aryl methyl sites for hydroxylation is 1. The fourth-order valence-corrected chi connectivity index (χ4v) is 3.26. The van der Waals surface area contributed by atoms with E-state index in [1.807, 2.05) is 13.8 Å². The van der Waals surface area contributed by atoms with E-state index in [-0.39, 0.29) is 17.6 Å². The molecule has 26 heavy (non-hydrogen) atoms. The standard InChI is InChI=1S/C18H18FN3O3S/c1-9(2)16-15(10(3)22-25-16)17(23)21-18-20-13(8-26-18)12-7-11(19)5-6-14(12)24-4/h5-9H,1-4H3,(H,20,21,23). The fourth-order valence-electron chi connectivity index (χ4n) is 2.55. The second kappa shape index (κ2) is 7.25. The second-order valence-corrected chi connectivity index (χ2v) is 6.86. The minimum atomic E-state index is -0.388. The summed E-state index contributed by atoms with van der Waals surface area (Å²) in [5.41, 5.74) is 1.98. The highest BCUT2D eigenvalue weighted by Gasteiger charge is 2.23. The quantitative estimate of drug-likeness (QED) is 0.703. The molecule has 0 aliphatic carbocycles. The number of hydrogen-bond donors (Lipinski definition) is 1. The van der Waals surface area contributed by atoms with Crippen LogP contribution in [0.2, 0.25) is 0 Å². The number of nitrogens with zero attached hydrogens (tertiary/aromatic N) is 2. The molecule has 3 rings (SSSR count). The Hall–Kier alpha value is -2.74. The summed E-state index contributed by atoms with van der Waals surface area (Å²) in [6.07, 6.45) is 0. The van der Waals surface area contributed by atoms with Gasteiger partial charge in [-0.2, -0.15) is 0 Å². The van der Waals surface area contributed by atoms with Crippen molar-refractivity contribution in [3.63, 3.8) is 0 Å². The van der Waals surface area contributed by atoms with Gasteiger partial charge in [-0.1, -0.05) is 19.0 Å². The first-order valence-electron chi connectivity index (χ1n) is 7.97. The van der Waals surface area contributed by atoms with E-state index in [1.165, 1.54) is 36.6 Å². The maximum absolute atomic E-state index is 13.6. The van der Waals surface area contributed by atoms with Crippen molar-refractivity contribution in [1.82, 2.24) is 10.1 Å². The van der Waals surface area contributed by atoms with Gasteiger partial charge >= 0.3 is 0 Å². The van der Waals surface area contributed by atoms with Gasteiger partial charge in [0, 0.05) is 16.9 Å². The van der Waals surface area contributed by atoms with E-state index < -0.39 is 0 Å². The molecule has 6 nitrogen and oxygen atoms in total. The average molecular weight is 375 g/mol. The maximum atomic E-state index is 13.6. The SMILES string of the molecule is COc1ccc(F)cc1-c1csc(NC(=O)c2c(C)noc2C(C)C)n1. The molecule has 1 N–H and O–H groups in total. The summed E-state index contributed by atoms with van der Waals surface area (Å²) in [6.45, 7) is 5.57. The Labute approximate surface area is 154 Å². The lowest BCUT2D eigenvalue weighted by molar-refractivity contribution is 0.102. The van der Waals surface area contributed by atoms with Gasteiger partial charge in [0.25, 0.3) is 5.91 Å². The molecule has 1 amide bonds. The molecule has 0 unspecified atom stereocenters. The molecule has 0 fully saturated rings. The number of hydrogen-bond acceptors (Lipinski definition) is 6. The molecule has 2 heterocycles. The first-order chi connectivity index (χ1) is 12.4. The van der Waals surface area contributed by atoms with E-state index in [2.05, 4.69) is 15.5 Å². The number of nitrogens with one attached hydrogen (secondary N) is 1. The zero-order chi connectivity index (χ0) is 18.8. The third-order valence-electron chi connectivity index (χ3n) is 3.80. The number of methoxy groups -OCH3 is 1. The normalized spacial score (nSPS) is 11.0. The summed E-state index contributed by atoms with van der Waals surface area (Å²) in [6, 6.07) is 4.21. The van der Waals surface area contributed by atoms with Gasteiger partial charge in [0.1, 0.15) is 17.1 Å². The van der Waals surface area contributed by atoms with Gasteiger partial charge in [-0.05, 0) is 25.1 Å². The van der Waals surface area contributed by atoms with Crippen LogP contribution in [0.1, 0.15) is 41.6 Å². The molecule has 0 bridgehead atoms. The lowest BCUT2D eigenvalue weighted by Crippen LogP contribution is -2.14. The zero-order valence-electron chi connectivity index (χ0n) is 14.8. The highest BCUT2D eigenvalue weighted by atomic mass is 32.1. The summed E-state index contributed by atoms with van der Waals surface area (Å²) >= 11 is 1.24. The number of benzene rings is 1. The summed E-state index contributed by atoms with van der Waals surface area (Å²) in [5, 5.41) is 8.76. The Morgan fingerprint density at radius 2 is 2.15 bits per heavy atom. The van der Waals surface area contributed by atoms with E-state index in [9.17, 15) is 9.18 Å². The number of thiazole rings is 1. The zero-order valence-corrected chi connectivity index (χ0v) is 15.6. The van der Waals surface area contributed by atoms with Gasteiger partial charge in [0.2, 0.25) is 0 Å². The minimum Gasteiger partial charge on any atom is -0.496 e. The van der Waals surface area contributed by atoms with Gasteiger partial charge < -0.3 is 9.26 Å². The third-order valence-corrected chi connectivity index (χ3v) is 4.56. The van der Waals surface area contributed by atoms with Crippen LogP contribution in [-0.2, 0) is 0 Å². The van der Waals surface area contributed by atoms with Crippen molar-refractivity contribution >= 4 is 22.4 Å². The monoisotopic (exact) mass is 375 g/mol. The van der Waals surface area contributed by atoms with Crippen LogP contribution in [0.3, 0.4) is 0 Å². The van der Waals surface area contributed by atoms with E-state index in [1.54, 1.807) is 12.3 Å². The lowest BCUT2D eigenvalue weighted by atomic mass is 10.0. The van der Waals surface area contributed by atoms with Crippen LogP contribution in [-0.4, -0.2) is 23.2 Å². The Morgan fingerprint density at radius 3 is 2.85 bits per heavy atom. The molecular formula is C18H18FN3O3S. The number of rotatable bonds is 5. The summed E-state index contributed by atoms with van der Waals surface area (Å²) in [4.78, 5) is 17.0. The van der Waals surface area contributed by atoms with Crippen molar-refractivity contribution in [3.8, 4) is 17.0 Å². The van der Waals surface area contributed by atoms with Crippen molar-refractivity contribution in [3.05, 3.63) is 46.4 Å². The Bertz CT molecular complexity index is 949. The number of aromatic nitrogens is 2. The highest BCUT2D eigenvalue weighted by Crippen LogP contribution is 2.33. The molecule has 1 aromatic carbocycles. The Balaban J connectivity index is 1.87. The Morgan fingerprint density at radius 1 is 1.38 bits per heavy atom. The van der Waals surface area contributed by atoms with Crippen LogP contribution in [0.5, 0.6) is 5.75 Å². The van der Waals surface area contributed by atoms with E-state index >= 15 is 0 Å². The predicted octanol–water partition coefficient (Wildman–Crippen LogP) is 4.63. The van der Waals surface area contributed by atoms with Gasteiger partial charge in [-0.3, -0.25) is 10.1 Å². The molecule has 3 aromatic rings. The van der Waals surface area contributed by atoms with Crippen molar-refractivity contribution in [2.75, 3.05) is 12.4 Å². The van der Waals surface area contributed by atoms with Crippen LogP contribution in [0.15, 0.2) is 28.1 Å². The number of anilines is 1. The number of ether oxygens (including phenoxy) is 1. The van der Waals surface area contributed by atoms with Crippen molar-refractivity contribution in [1.29, 1.82) is 0 Å². The predicted molar refractivity (Wildman–Crippen MR) is 97.3 cm³/mol. The number of halogens is 1. The smallest absolute Gasteiger partial charge is 0.262 e. The van der Waals surface area contributed by atoms with Crippen LogP contribution >= 0.6 is 11.3 Å². The Kier molecular flexibility index (Phi) is 5.03. The largest absolute Gasteiger partial charge is 0.496 e. The van der Waals surface area contributed by atoms with E-state index in [0.717, 1.165) is 0 Å². The van der Waals surface area contributed by atoms with E-state index in [4.69, 9.17) is 9.26 Å². The molecule has 2 aromatic heterocycles. The molecule has 0 atom stereocenters. The summed E-state index contributed by atoms with van der Waals surface area (Å²) < 4.78 is 24.1. The van der Waals surface area contributed by atoms with Crippen LogP contribution < -0.4 is 10.1 Å². The molecule has 8 heteroatoms. The van der Waals surface area contributed by atoms with Crippen LogP contribution in [0.4, 0.5) is 9.52 Å². The molecule has 0 spiro atoms. The first-order valence-corrected chi connectivity index (χ1v) is 8.85. The minimum absolute atomic E-state index is 0.0281. The van der Waals surface area contributed by atoms with E-state index in [0.29, 0.717) is 39.2 Å². The van der Waals surface area contributed by atoms with Gasteiger partial charge in [0.15, 0.2) is 10.9 Å². The highest BCUT2D eigenvalue weighted by molar-refractivity contribution is 7.14. The fraction of sp³-hybridized carbons (Fsp3) is 0.278. The third kappa shape index (κ3) is 3.45. The number of carbonyl (C=O) groups is 1. The first kappa shape index (κ1) is 18.1. The van der Waals surface area contributed by atoms with Crippen molar-refractivity contribution < 1.29 is 18.4 Å². The van der Waals surface area contributed by atoms with Crippen LogP contribution in [0.25, 0.3) is 11.3 Å². The molecule has 136 valence electrons. The number of carbonyl (C=O) groups excluding carboxylic acids is 1. The molecule has 0 saturated heterocycles. The molecular weight excluding hydrogens is 357 g/mol. The summed E-state index contributed by atoms with van der Waals surface area (Å²) in [7, 11) is 1.51. The van der Waals surface area contributed by atoms with Crippen LogP contribution in [0, 0.1) is 12.7 Å². The lowest BCUT2D eigenvalue weighted by Gasteiger charge is -2.06. The van der Waals surface area contributed by atoms with Gasteiger partial charge in [-0.25, -0.2) is 9.37 Å². The maximum Gasteiger partial charge on any atom is 0.262 e. The molecule has 0 aliphatic rings. The van der Waals surface area contributed by atoms with Crippen molar-refractivity contribution in [2.24, 2.45) is 0 Å². The molecule has 0 saturated carbocycles. The number of amides is 1. The molecule has 0 radical (unpaired) electrons. The second-order valence-electron chi connectivity index (χ2n) is 6.00. The van der Waals surface area contributed by atoms with Crippen molar-refractivity contribution in [2.45, 2.75) is 26.7 Å². The van der Waals surface area contributed by atoms with Gasteiger partial charge in [0.05, 0.1) is 18.5 Å². The topological polar surface area (TPSA) is 77.2 Å². The molecule has 0 aliphatic heterocycles. The summed E-state index contributed by atoms with van der Waals surface area (Å²) in [5.74, 6) is 0.344. The average Bonchev–Trinajstić information content (AvgIpc) is 3.21. The van der Waals surface area contributed by atoms with Gasteiger partial charge in [-0.15, -0.1) is 11.3 Å².